The van der Waals surface area contributed by atoms with E-state index in [1.54, 1.807) is 18.3 Å². The van der Waals surface area contributed by atoms with Crippen LogP contribution >= 0.6 is 11.6 Å². The summed E-state index contributed by atoms with van der Waals surface area (Å²) in [5.41, 5.74) is 1.87. The first-order valence-electron chi connectivity index (χ1n) is 9.96. The van der Waals surface area contributed by atoms with Gasteiger partial charge in [0, 0.05) is 42.6 Å². The Kier molecular flexibility index (Phi) is 5.93. The fraction of sp³-hybridized carbons (Fsp3) is 0.455. The van der Waals surface area contributed by atoms with Crippen LogP contribution in [0.3, 0.4) is 0 Å². The molecule has 1 unspecified atom stereocenters. The van der Waals surface area contributed by atoms with Crippen molar-refractivity contribution in [2.24, 2.45) is 11.8 Å². The second kappa shape index (κ2) is 8.58. The number of aromatic nitrogens is 1. The van der Waals surface area contributed by atoms with Crippen LogP contribution in [0, 0.1) is 17.7 Å². The summed E-state index contributed by atoms with van der Waals surface area (Å²) < 4.78 is 13.9. The Morgan fingerprint density at radius 2 is 2.11 bits per heavy atom. The molecule has 2 aliphatic rings. The lowest BCUT2D eigenvalue weighted by Gasteiger charge is -2.15. The summed E-state index contributed by atoms with van der Waals surface area (Å²) in [4.78, 5) is 19.3. The molecule has 1 aliphatic carbocycles. The highest BCUT2D eigenvalue weighted by molar-refractivity contribution is 6.31. The molecule has 1 atom stereocenters. The first kappa shape index (κ1) is 19.3. The zero-order chi connectivity index (χ0) is 19.5. The average Bonchev–Trinajstić information content (AvgIpc) is 3.39. The first-order chi connectivity index (χ1) is 13.6. The van der Waals surface area contributed by atoms with E-state index in [9.17, 15) is 9.18 Å². The fourth-order valence-electron chi connectivity index (χ4n) is 3.94. The normalized spacial score (nSPS) is 19.7. The van der Waals surface area contributed by atoms with Gasteiger partial charge in [0.2, 0.25) is 0 Å². The van der Waals surface area contributed by atoms with E-state index in [4.69, 9.17) is 11.6 Å². The van der Waals surface area contributed by atoms with Crippen molar-refractivity contribution in [3.05, 3.63) is 64.2 Å². The molecule has 1 amide bonds. The van der Waals surface area contributed by atoms with E-state index < -0.39 is 5.82 Å². The standard InChI is InChI=1S/C22H25ClFN3O/c23-20-2-1-3-21(24)19(20)12-26-22(28)18-9-17(10-25-11-18)8-16-6-7-27(14-16)13-15-4-5-15/h1-3,9-11,15-16H,4-8,12-14H2,(H,26,28). The predicted molar refractivity (Wildman–Crippen MR) is 108 cm³/mol. The van der Waals surface area contributed by atoms with Crippen molar-refractivity contribution in [2.45, 2.75) is 32.2 Å². The minimum atomic E-state index is -0.420. The molecule has 1 saturated heterocycles. The molecule has 1 aromatic heterocycles. The maximum absolute atomic E-state index is 13.9. The molecule has 1 aliphatic heterocycles. The van der Waals surface area contributed by atoms with Crippen LogP contribution in [0.25, 0.3) is 0 Å². The molecule has 28 heavy (non-hydrogen) atoms. The van der Waals surface area contributed by atoms with Crippen LogP contribution in [0.4, 0.5) is 4.39 Å². The second-order valence-electron chi connectivity index (χ2n) is 8.03. The largest absolute Gasteiger partial charge is 0.348 e. The fourth-order valence-corrected chi connectivity index (χ4v) is 4.17. The van der Waals surface area contributed by atoms with Crippen LogP contribution in [-0.4, -0.2) is 35.4 Å². The minimum absolute atomic E-state index is 0.0489. The summed E-state index contributed by atoms with van der Waals surface area (Å²) in [5.74, 6) is 0.860. The Hall–Kier alpha value is -1.98. The van der Waals surface area contributed by atoms with Gasteiger partial charge in [0.15, 0.2) is 0 Å². The number of nitrogens with zero attached hydrogens (tertiary/aromatic N) is 2. The lowest BCUT2D eigenvalue weighted by Crippen LogP contribution is -2.24. The molecular weight excluding hydrogens is 377 g/mol. The summed E-state index contributed by atoms with van der Waals surface area (Å²) in [6.45, 7) is 3.61. The average molecular weight is 402 g/mol. The molecule has 1 aromatic carbocycles. The van der Waals surface area contributed by atoms with E-state index in [1.807, 2.05) is 12.3 Å². The Morgan fingerprint density at radius 1 is 1.25 bits per heavy atom. The van der Waals surface area contributed by atoms with E-state index >= 15 is 0 Å². The van der Waals surface area contributed by atoms with Gasteiger partial charge in [-0.25, -0.2) is 4.39 Å². The molecule has 6 heteroatoms. The molecule has 4 nitrogen and oxygen atoms in total. The molecule has 2 fully saturated rings. The van der Waals surface area contributed by atoms with Gasteiger partial charge in [-0.15, -0.1) is 0 Å². The Labute approximate surface area is 170 Å². The predicted octanol–water partition coefficient (Wildman–Crippen LogP) is 4.08. The molecule has 2 heterocycles. The number of carbonyl (C=O) groups is 1. The summed E-state index contributed by atoms with van der Waals surface area (Å²) in [5, 5.41) is 3.05. The summed E-state index contributed by atoms with van der Waals surface area (Å²) in [7, 11) is 0. The van der Waals surface area contributed by atoms with Crippen LogP contribution in [0.15, 0.2) is 36.7 Å². The zero-order valence-corrected chi connectivity index (χ0v) is 16.6. The van der Waals surface area contributed by atoms with Gasteiger partial charge in [-0.1, -0.05) is 17.7 Å². The van der Waals surface area contributed by atoms with E-state index in [0.29, 0.717) is 22.1 Å². The number of nitrogens with one attached hydrogen (secondary N) is 1. The second-order valence-corrected chi connectivity index (χ2v) is 8.43. The van der Waals surface area contributed by atoms with Crippen molar-refractivity contribution in [3.8, 4) is 0 Å². The topological polar surface area (TPSA) is 45.2 Å². The van der Waals surface area contributed by atoms with E-state index in [1.165, 1.54) is 38.4 Å². The van der Waals surface area contributed by atoms with Crippen molar-refractivity contribution in [1.29, 1.82) is 0 Å². The third-order valence-electron chi connectivity index (χ3n) is 5.65. The Morgan fingerprint density at radius 3 is 2.89 bits per heavy atom. The van der Waals surface area contributed by atoms with Gasteiger partial charge in [-0.3, -0.25) is 9.78 Å². The van der Waals surface area contributed by atoms with Gasteiger partial charge in [-0.2, -0.15) is 0 Å². The number of hydrogen-bond acceptors (Lipinski definition) is 3. The first-order valence-corrected chi connectivity index (χ1v) is 10.3. The number of halogens is 2. The van der Waals surface area contributed by atoms with Crippen LogP contribution < -0.4 is 5.32 Å². The number of pyridine rings is 1. The summed E-state index contributed by atoms with van der Waals surface area (Å²) in [6, 6.07) is 6.39. The molecule has 4 rings (SSSR count). The molecule has 0 radical (unpaired) electrons. The van der Waals surface area contributed by atoms with E-state index in [2.05, 4.69) is 15.2 Å². The van der Waals surface area contributed by atoms with Crippen LogP contribution in [0.1, 0.15) is 40.7 Å². The third kappa shape index (κ3) is 4.89. The monoisotopic (exact) mass is 401 g/mol. The van der Waals surface area contributed by atoms with Gasteiger partial charge in [0.05, 0.1) is 5.56 Å². The van der Waals surface area contributed by atoms with Crippen molar-refractivity contribution < 1.29 is 9.18 Å². The Bertz CT molecular complexity index is 835. The van der Waals surface area contributed by atoms with Gasteiger partial charge in [0.25, 0.3) is 5.91 Å². The highest BCUT2D eigenvalue weighted by Crippen LogP contribution is 2.32. The van der Waals surface area contributed by atoms with Crippen LogP contribution in [0.5, 0.6) is 0 Å². The highest BCUT2D eigenvalue weighted by atomic mass is 35.5. The van der Waals surface area contributed by atoms with Crippen molar-refractivity contribution in [1.82, 2.24) is 15.2 Å². The number of rotatable bonds is 7. The SMILES string of the molecule is O=C(NCc1c(F)cccc1Cl)c1cncc(CC2CCN(CC3CC3)C2)c1. The molecule has 0 bridgehead atoms. The number of hydrogen-bond donors (Lipinski definition) is 1. The Balaban J connectivity index is 1.33. The van der Waals surface area contributed by atoms with Crippen molar-refractivity contribution in [2.75, 3.05) is 19.6 Å². The lowest BCUT2D eigenvalue weighted by atomic mass is 9.99. The van der Waals surface area contributed by atoms with Gasteiger partial charge in [-0.05, 0) is 67.8 Å². The molecule has 1 saturated carbocycles. The van der Waals surface area contributed by atoms with Crippen molar-refractivity contribution >= 4 is 17.5 Å². The molecule has 1 N–H and O–H groups in total. The number of benzene rings is 1. The summed E-state index contributed by atoms with van der Waals surface area (Å²) in [6.07, 6.45) is 8.31. The summed E-state index contributed by atoms with van der Waals surface area (Å²) >= 11 is 6.02. The van der Waals surface area contributed by atoms with Gasteiger partial charge in [0.1, 0.15) is 5.82 Å². The molecular formula is C22H25ClFN3O. The highest BCUT2D eigenvalue weighted by Gasteiger charge is 2.29. The van der Waals surface area contributed by atoms with E-state index in [-0.39, 0.29) is 12.5 Å². The third-order valence-corrected chi connectivity index (χ3v) is 6.01. The van der Waals surface area contributed by atoms with Gasteiger partial charge < -0.3 is 10.2 Å². The quantitative estimate of drug-likeness (QED) is 0.760. The maximum atomic E-state index is 13.9. The van der Waals surface area contributed by atoms with Crippen LogP contribution in [-0.2, 0) is 13.0 Å². The number of amides is 1. The minimum Gasteiger partial charge on any atom is -0.348 e. The van der Waals surface area contributed by atoms with Crippen molar-refractivity contribution in [3.63, 3.8) is 0 Å². The molecule has 0 spiro atoms. The number of likely N-dealkylation sites (tertiary alicyclic amines) is 1. The zero-order valence-electron chi connectivity index (χ0n) is 15.8. The smallest absolute Gasteiger partial charge is 0.253 e. The lowest BCUT2D eigenvalue weighted by molar-refractivity contribution is 0.0950. The molecule has 148 valence electrons. The molecule has 2 aromatic rings. The van der Waals surface area contributed by atoms with Gasteiger partial charge >= 0.3 is 0 Å². The van der Waals surface area contributed by atoms with E-state index in [0.717, 1.165) is 24.4 Å². The van der Waals surface area contributed by atoms with Crippen LogP contribution in [0.2, 0.25) is 5.02 Å². The maximum Gasteiger partial charge on any atom is 0.253 e. The number of carbonyl (C=O) groups excluding carboxylic acids is 1.